The summed E-state index contributed by atoms with van der Waals surface area (Å²) in [6.07, 6.45) is 1.65. The fourth-order valence-corrected chi connectivity index (χ4v) is 2.02. The highest BCUT2D eigenvalue weighted by Gasteiger charge is 2.11. The number of amides is 1. The Kier molecular flexibility index (Phi) is 5.05. The molecule has 22 heavy (non-hydrogen) atoms. The van der Waals surface area contributed by atoms with Gasteiger partial charge >= 0.3 is 5.69 Å². The molecule has 0 atom stereocenters. The van der Waals surface area contributed by atoms with Gasteiger partial charge in [-0.25, -0.2) is 9.78 Å². The highest BCUT2D eigenvalue weighted by atomic mass is 16.5. The highest BCUT2D eigenvalue weighted by molar-refractivity contribution is 5.94. The number of pyridine rings is 1. The molecular weight excluding hydrogens is 288 g/mol. The number of aromatic amines is 1. The van der Waals surface area contributed by atoms with E-state index in [4.69, 9.17) is 4.74 Å². The molecule has 0 bridgehead atoms. The Bertz CT molecular complexity index is 794. The lowest BCUT2D eigenvalue weighted by atomic mass is 10.2. The maximum Gasteiger partial charge on any atom is 0.329 e. The van der Waals surface area contributed by atoms with E-state index in [1.807, 2.05) is 0 Å². The molecular formula is C14H18N4O4. The first kappa shape index (κ1) is 15.9. The van der Waals surface area contributed by atoms with Crippen molar-refractivity contribution >= 4 is 16.9 Å². The molecule has 0 unspecified atom stereocenters. The number of ether oxygens (including phenoxy) is 1. The Hall–Kier alpha value is -2.48. The molecule has 118 valence electrons. The molecule has 2 heterocycles. The van der Waals surface area contributed by atoms with Gasteiger partial charge < -0.3 is 10.1 Å². The van der Waals surface area contributed by atoms with Crippen molar-refractivity contribution < 1.29 is 9.53 Å². The van der Waals surface area contributed by atoms with Crippen LogP contribution in [0.5, 0.6) is 0 Å². The number of rotatable bonds is 6. The summed E-state index contributed by atoms with van der Waals surface area (Å²) in [5, 5.41) is 3.00. The van der Waals surface area contributed by atoms with Gasteiger partial charge in [-0.2, -0.15) is 0 Å². The van der Waals surface area contributed by atoms with E-state index in [1.165, 1.54) is 23.7 Å². The molecule has 0 aromatic carbocycles. The number of carbonyl (C=O) groups excluding carboxylic acids is 1. The van der Waals surface area contributed by atoms with Gasteiger partial charge in [0.15, 0.2) is 0 Å². The third-order valence-corrected chi connectivity index (χ3v) is 3.26. The number of H-pyrrole nitrogens is 1. The molecule has 2 aromatic rings. The van der Waals surface area contributed by atoms with Gasteiger partial charge in [-0.05, 0) is 25.0 Å². The number of nitrogens with zero attached hydrogens (tertiary/aromatic N) is 2. The Labute approximate surface area is 126 Å². The van der Waals surface area contributed by atoms with Crippen LogP contribution in [-0.2, 0) is 11.8 Å². The van der Waals surface area contributed by atoms with Crippen LogP contribution in [0.3, 0.4) is 0 Å². The molecule has 0 saturated carbocycles. The van der Waals surface area contributed by atoms with Crippen molar-refractivity contribution in [2.75, 3.05) is 20.3 Å². The monoisotopic (exact) mass is 306 g/mol. The molecule has 1 amide bonds. The van der Waals surface area contributed by atoms with Crippen molar-refractivity contribution in [1.82, 2.24) is 19.9 Å². The maximum absolute atomic E-state index is 12.0. The normalized spacial score (nSPS) is 10.8. The summed E-state index contributed by atoms with van der Waals surface area (Å²) in [7, 11) is 3.11. The number of nitrogens with one attached hydrogen (secondary N) is 2. The summed E-state index contributed by atoms with van der Waals surface area (Å²) in [5.41, 5.74) is -0.736. The SMILES string of the molecule is COCCCCNC(=O)c1ccc2c(=O)[nH]c(=O)n(C)c2n1. The second-order valence-corrected chi connectivity index (χ2v) is 4.84. The number of methoxy groups -OCH3 is 1. The molecule has 0 spiro atoms. The molecule has 0 fully saturated rings. The van der Waals surface area contributed by atoms with Crippen LogP contribution in [0.15, 0.2) is 21.7 Å². The molecule has 8 heteroatoms. The first-order chi connectivity index (χ1) is 10.5. The summed E-state index contributed by atoms with van der Waals surface area (Å²) >= 11 is 0. The van der Waals surface area contributed by atoms with Crippen LogP contribution in [0.4, 0.5) is 0 Å². The first-order valence-electron chi connectivity index (χ1n) is 6.92. The summed E-state index contributed by atoms with van der Waals surface area (Å²) < 4.78 is 6.13. The molecule has 2 aromatic heterocycles. The zero-order chi connectivity index (χ0) is 16.1. The van der Waals surface area contributed by atoms with Gasteiger partial charge in [0.25, 0.3) is 11.5 Å². The van der Waals surface area contributed by atoms with Gasteiger partial charge in [0.05, 0.1) is 5.39 Å². The van der Waals surface area contributed by atoms with Gasteiger partial charge in [-0.15, -0.1) is 0 Å². The van der Waals surface area contributed by atoms with E-state index < -0.39 is 11.2 Å². The molecule has 0 aliphatic heterocycles. The van der Waals surface area contributed by atoms with Gasteiger partial charge in [-0.1, -0.05) is 0 Å². The third-order valence-electron chi connectivity index (χ3n) is 3.26. The Morgan fingerprint density at radius 3 is 2.86 bits per heavy atom. The number of hydrogen-bond acceptors (Lipinski definition) is 5. The number of carbonyl (C=O) groups is 1. The average molecular weight is 306 g/mol. The molecule has 0 saturated heterocycles. The summed E-state index contributed by atoms with van der Waals surface area (Å²) in [6.45, 7) is 1.16. The number of aromatic nitrogens is 3. The number of hydrogen-bond donors (Lipinski definition) is 2. The van der Waals surface area contributed by atoms with E-state index >= 15 is 0 Å². The van der Waals surface area contributed by atoms with Crippen LogP contribution >= 0.6 is 0 Å². The van der Waals surface area contributed by atoms with E-state index in [2.05, 4.69) is 15.3 Å². The third kappa shape index (κ3) is 3.40. The minimum atomic E-state index is -0.567. The number of fused-ring (bicyclic) bond motifs is 1. The van der Waals surface area contributed by atoms with Crippen LogP contribution in [0.2, 0.25) is 0 Å². The molecule has 0 aliphatic rings. The lowest BCUT2D eigenvalue weighted by molar-refractivity contribution is 0.0946. The minimum absolute atomic E-state index is 0.167. The van der Waals surface area contributed by atoms with Gasteiger partial charge in [0.2, 0.25) is 0 Å². The fourth-order valence-electron chi connectivity index (χ4n) is 2.02. The topological polar surface area (TPSA) is 106 Å². The molecule has 2 rings (SSSR count). The van der Waals surface area contributed by atoms with Gasteiger partial charge in [0, 0.05) is 27.3 Å². The lowest BCUT2D eigenvalue weighted by Gasteiger charge is -2.07. The van der Waals surface area contributed by atoms with Gasteiger partial charge in [0.1, 0.15) is 11.3 Å². The zero-order valence-electron chi connectivity index (χ0n) is 12.5. The van der Waals surface area contributed by atoms with Crippen molar-refractivity contribution in [2.45, 2.75) is 12.8 Å². The largest absolute Gasteiger partial charge is 0.385 e. The fraction of sp³-hybridized carbons (Fsp3) is 0.429. The summed E-state index contributed by atoms with van der Waals surface area (Å²) in [4.78, 5) is 41.6. The van der Waals surface area contributed by atoms with Crippen molar-refractivity contribution in [2.24, 2.45) is 7.05 Å². The van der Waals surface area contributed by atoms with Crippen LogP contribution in [0.25, 0.3) is 11.0 Å². The van der Waals surface area contributed by atoms with Crippen molar-refractivity contribution in [1.29, 1.82) is 0 Å². The zero-order valence-corrected chi connectivity index (χ0v) is 12.5. The van der Waals surface area contributed by atoms with E-state index in [1.54, 1.807) is 7.11 Å². The Morgan fingerprint density at radius 1 is 1.36 bits per heavy atom. The predicted octanol–water partition coefficient (Wildman–Crippen LogP) is -0.222. The average Bonchev–Trinajstić information content (AvgIpc) is 2.52. The van der Waals surface area contributed by atoms with Gasteiger partial charge in [-0.3, -0.25) is 19.1 Å². The van der Waals surface area contributed by atoms with Crippen LogP contribution in [0, 0.1) is 0 Å². The minimum Gasteiger partial charge on any atom is -0.385 e. The highest BCUT2D eigenvalue weighted by Crippen LogP contribution is 2.05. The second kappa shape index (κ2) is 6.99. The van der Waals surface area contributed by atoms with E-state index in [9.17, 15) is 14.4 Å². The maximum atomic E-state index is 12.0. The quantitative estimate of drug-likeness (QED) is 0.718. The lowest BCUT2D eigenvalue weighted by Crippen LogP contribution is -2.30. The molecule has 0 radical (unpaired) electrons. The molecule has 0 aliphatic carbocycles. The first-order valence-corrected chi connectivity index (χ1v) is 6.92. The van der Waals surface area contributed by atoms with E-state index in [-0.39, 0.29) is 22.6 Å². The van der Waals surface area contributed by atoms with Crippen molar-refractivity contribution in [3.8, 4) is 0 Å². The van der Waals surface area contributed by atoms with Crippen LogP contribution < -0.4 is 16.6 Å². The number of aryl methyl sites for hydroxylation is 1. The van der Waals surface area contributed by atoms with E-state index in [0.29, 0.717) is 13.2 Å². The predicted molar refractivity (Wildman–Crippen MR) is 81.0 cm³/mol. The van der Waals surface area contributed by atoms with Crippen molar-refractivity contribution in [3.63, 3.8) is 0 Å². The Morgan fingerprint density at radius 2 is 2.14 bits per heavy atom. The van der Waals surface area contributed by atoms with Crippen molar-refractivity contribution in [3.05, 3.63) is 38.7 Å². The van der Waals surface area contributed by atoms with Crippen LogP contribution in [-0.4, -0.2) is 40.7 Å². The number of unbranched alkanes of at least 4 members (excludes halogenated alkanes) is 1. The Balaban J connectivity index is 2.19. The summed E-state index contributed by atoms with van der Waals surface area (Å²) in [6, 6.07) is 2.95. The summed E-state index contributed by atoms with van der Waals surface area (Å²) in [5.74, 6) is -0.341. The molecule has 8 nitrogen and oxygen atoms in total. The van der Waals surface area contributed by atoms with Crippen LogP contribution in [0.1, 0.15) is 23.3 Å². The molecule has 2 N–H and O–H groups in total. The smallest absolute Gasteiger partial charge is 0.329 e. The standard InChI is InChI=1S/C14H18N4O4/c1-18-11-9(12(19)17-14(18)21)5-6-10(16-11)13(20)15-7-3-4-8-22-2/h5-6H,3-4,7-8H2,1-2H3,(H,15,20)(H,17,19,21). The second-order valence-electron chi connectivity index (χ2n) is 4.84. The van der Waals surface area contributed by atoms with E-state index in [0.717, 1.165) is 12.8 Å².